The molecule has 9 heteroatoms. The lowest BCUT2D eigenvalue weighted by molar-refractivity contribution is -0.129. The van der Waals surface area contributed by atoms with Crippen molar-refractivity contribution in [3.8, 4) is 0 Å². The summed E-state index contributed by atoms with van der Waals surface area (Å²) in [5.41, 5.74) is 1.44. The maximum atomic E-state index is 12.8. The number of ether oxygens (including phenoxy) is 1. The van der Waals surface area contributed by atoms with Gasteiger partial charge in [-0.05, 0) is 12.8 Å². The fourth-order valence-corrected chi connectivity index (χ4v) is 3.68. The van der Waals surface area contributed by atoms with Crippen molar-refractivity contribution in [1.29, 1.82) is 0 Å². The van der Waals surface area contributed by atoms with E-state index in [4.69, 9.17) is 4.74 Å². The van der Waals surface area contributed by atoms with E-state index in [0.29, 0.717) is 38.3 Å². The summed E-state index contributed by atoms with van der Waals surface area (Å²) in [6.07, 6.45) is 1.26. The fourth-order valence-electron chi connectivity index (χ4n) is 3.16. The molecule has 0 bridgehead atoms. The third-order valence-electron chi connectivity index (χ3n) is 4.37. The summed E-state index contributed by atoms with van der Waals surface area (Å²) in [6, 6.07) is -0.771. The first kappa shape index (κ1) is 16.8. The van der Waals surface area contributed by atoms with Gasteiger partial charge >= 0.3 is 0 Å². The van der Waals surface area contributed by atoms with Gasteiger partial charge in [-0.3, -0.25) is 14.4 Å². The SMILES string of the molecule is CC(=O)NC1CN(C(=O)c2cscn2)CC2(CCOCC2)NC1=O. The van der Waals surface area contributed by atoms with Crippen LogP contribution >= 0.6 is 11.3 Å². The normalized spacial score (nSPS) is 23.5. The lowest BCUT2D eigenvalue weighted by atomic mass is 9.89. The predicted octanol–water partition coefficient (Wildman–Crippen LogP) is -0.231. The number of aromatic nitrogens is 1. The van der Waals surface area contributed by atoms with Crippen molar-refractivity contribution in [3.63, 3.8) is 0 Å². The van der Waals surface area contributed by atoms with Gasteiger partial charge in [0.05, 0.1) is 17.6 Å². The van der Waals surface area contributed by atoms with Crippen LogP contribution < -0.4 is 10.6 Å². The van der Waals surface area contributed by atoms with Crippen LogP contribution in [-0.4, -0.2) is 65.5 Å². The fraction of sp³-hybridized carbons (Fsp3) is 0.600. The van der Waals surface area contributed by atoms with E-state index in [1.807, 2.05) is 0 Å². The van der Waals surface area contributed by atoms with E-state index < -0.39 is 11.6 Å². The first-order valence-electron chi connectivity index (χ1n) is 7.83. The Kier molecular flexibility index (Phi) is 4.81. The smallest absolute Gasteiger partial charge is 0.273 e. The van der Waals surface area contributed by atoms with Crippen LogP contribution in [0.15, 0.2) is 10.9 Å². The molecule has 3 rings (SSSR count). The molecular formula is C15H20N4O4S. The van der Waals surface area contributed by atoms with Crippen LogP contribution in [0.25, 0.3) is 0 Å². The van der Waals surface area contributed by atoms with Crippen LogP contribution in [0.2, 0.25) is 0 Å². The van der Waals surface area contributed by atoms with E-state index in [2.05, 4.69) is 15.6 Å². The Labute approximate surface area is 143 Å². The largest absolute Gasteiger partial charge is 0.381 e. The van der Waals surface area contributed by atoms with Crippen molar-refractivity contribution in [2.45, 2.75) is 31.3 Å². The number of nitrogens with one attached hydrogen (secondary N) is 2. The van der Waals surface area contributed by atoms with E-state index in [-0.39, 0.29) is 24.3 Å². The molecule has 2 saturated heterocycles. The standard InChI is InChI=1S/C15H20N4O4S/c1-10(20)17-11-6-19(14(22)12-7-24-9-16-12)8-15(18-13(11)21)2-4-23-5-3-15/h7,9,11H,2-6,8H2,1H3,(H,17,20)(H,18,21). The predicted molar refractivity (Wildman–Crippen MR) is 86.5 cm³/mol. The van der Waals surface area contributed by atoms with Crippen LogP contribution in [0.3, 0.4) is 0 Å². The molecule has 24 heavy (non-hydrogen) atoms. The molecule has 3 heterocycles. The lowest BCUT2D eigenvalue weighted by Crippen LogP contribution is -2.57. The first-order valence-corrected chi connectivity index (χ1v) is 8.78. The highest BCUT2D eigenvalue weighted by atomic mass is 32.1. The van der Waals surface area contributed by atoms with Crippen LogP contribution in [0.1, 0.15) is 30.3 Å². The van der Waals surface area contributed by atoms with Gasteiger partial charge in [-0.1, -0.05) is 0 Å². The quantitative estimate of drug-likeness (QED) is 0.766. The minimum Gasteiger partial charge on any atom is -0.381 e. The van der Waals surface area contributed by atoms with Gasteiger partial charge in [0, 0.05) is 32.1 Å². The Morgan fingerprint density at radius 2 is 2.21 bits per heavy atom. The average molecular weight is 352 g/mol. The van der Waals surface area contributed by atoms with E-state index >= 15 is 0 Å². The highest BCUT2D eigenvalue weighted by molar-refractivity contribution is 7.07. The Bertz CT molecular complexity index is 627. The molecule has 1 aromatic rings. The summed E-state index contributed by atoms with van der Waals surface area (Å²) in [5.74, 6) is -0.797. The van der Waals surface area contributed by atoms with Crippen molar-refractivity contribution >= 4 is 29.1 Å². The van der Waals surface area contributed by atoms with E-state index in [0.717, 1.165) is 0 Å². The molecule has 0 aromatic carbocycles. The Hall–Kier alpha value is -2.00. The summed E-state index contributed by atoms with van der Waals surface area (Å²) in [4.78, 5) is 42.4. The van der Waals surface area contributed by atoms with Crippen molar-refractivity contribution in [2.24, 2.45) is 0 Å². The maximum Gasteiger partial charge on any atom is 0.273 e. The monoisotopic (exact) mass is 352 g/mol. The average Bonchev–Trinajstić information content (AvgIpc) is 3.03. The summed E-state index contributed by atoms with van der Waals surface area (Å²) in [6.45, 7) is 2.93. The minimum atomic E-state index is -0.771. The number of hydrogen-bond donors (Lipinski definition) is 2. The highest BCUT2D eigenvalue weighted by Gasteiger charge is 2.43. The van der Waals surface area contributed by atoms with Gasteiger partial charge in [0.1, 0.15) is 11.7 Å². The second kappa shape index (κ2) is 6.86. The zero-order chi connectivity index (χ0) is 17.2. The number of nitrogens with zero attached hydrogens (tertiary/aromatic N) is 2. The van der Waals surface area contributed by atoms with Gasteiger partial charge in [-0.15, -0.1) is 11.3 Å². The molecule has 0 saturated carbocycles. The van der Waals surface area contributed by atoms with Crippen LogP contribution in [0.4, 0.5) is 0 Å². The third-order valence-corrected chi connectivity index (χ3v) is 4.95. The Morgan fingerprint density at radius 1 is 1.46 bits per heavy atom. The third kappa shape index (κ3) is 3.57. The molecule has 8 nitrogen and oxygen atoms in total. The molecule has 2 aliphatic heterocycles. The molecular weight excluding hydrogens is 332 g/mol. The molecule has 1 unspecified atom stereocenters. The molecule has 0 aliphatic carbocycles. The van der Waals surface area contributed by atoms with Crippen molar-refractivity contribution in [2.75, 3.05) is 26.3 Å². The molecule has 1 atom stereocenters. The van der Waals surface area contributed by atoms with Crippen LogP contribution in [0.5, 0.6) is 0 Å². The molecule has 2 fully saturated rings. The Balaban J connectivity index is 1.88. The molecule has 2 N–H and O–H groups in total. The van der Waals surface area contributed by atoms with Crippen LogP contribution in [0, 0.1) is 0 Å². The molecule has 1 aromatic heterocycles. The van der Waals surface area contributed by atoms with Crippen molar-refractivity contribution < 1.29 is 19.1 Å². The number of rotatable bonds is 2. The minimum absolute atomic E-state index is 0.129. The second-order valence-corrected chi connectivity index (χ2v) is 6.91. The van der Waals surface area contributed by atoms with Gasteiger partial charge < -0.3 is 20.3 Å². The van der Waals surface area contributed by atoms with E-state index in [9.17, 15) is 14.4 Å². The highest BCUT2D eigenvalue weighted by Crippen LogP contribution is 2.25. The molecule has 1 spiro atoms. The van der Waals surface area contributed by atoms with Gasteiger partial charge in [0.15, 0.2) is 0 Å². The zero-order valence-corrected chi connectivity index (χ0v) is 14.2. The molecule has 3 amide bonds. The van der Waals surface area contributed by atoms with Gasteiger partial charge in [-0.25, -0.2) is 4.98 Å². The molecule has 2 aliphatic rings. The summed E-state index contributed by atoms with van der Waals surface area (Å²) in [7, 11) is 0. The topological polar surface area (TPSA) is 101 Å². The van der Waals surface area contributed by atoms with E-state index in [1.54, 1.807) is 15.8 Å². The van der Waals surface area contributed by atoms with Gasteiger partial charge in [0.25, 0.3) is 5.91 Å². The number of carbonyl (C=O) groups is 3. The molecule has 130 valence electrons. The van der Waals surface area contributed by atoms with Gasteiger partial charge in [-0.2, -0.15) is 0 Å². The number of hydrogen-bond acceptors (Lipinski definition) is 6. The number of carbonyl (C=O) groups excluding carboxylic acids is 3. The number of thiazole rings is 1. The van der Waals surface area contributed by atoms with Crippen molar-refractivity contribution in [1.82, 2.24) is 20.5 Å². The Morgan fingerprint density at radius 3 is 2.83 bits per heavy atom. The van der Waals surface area contributed by atoms with Crippen molar-refractivity contribution in [3.05, 3.63) is 16.6 Å². The lowest BCUT2D eigenvalue weighted by Gasteiger charge is -2.39. The summed E-state index contributed by atoms with van der Waals surface area (Å²) < 4.78 is 5.40. The van der Waals surface area contributed by atoms with Gasteiger partial charge in [0.2, 0.25) is 11.8 Å². The first-order chi connectivity index (χ1) is 11.5. The van der Waals surface area contributed by atoms with E-state index in [1.165, 1.54) is 18.3 Å². The molecule has 0 radical (unpaired) electrons. The summed E-state index contributed by atoms with van der Waals surface area (Å²) in [5, 5.41) is 7.35. The second-order valence-electron chi connectivity index (χ2n) is 6.19. The maximum absolute atomic E-state index is 12.8. The number of amides is 3. The zero-order valence-electron chi connectivity index (χ0n) is 13.4. The van der Waals surface area contributed by atoms with Crippen LogP contribution in [-0.2, 0) is 14.3 Å². The summed E-state index contributed by atoms with van der Waals surface area (Å²) >= 11 is 1.35.